The summed E-state index contributed by atoms with van der Waals surface area (Å²) in [6.45, 7) is 2.11. The monoisotopic (exact) mass is 193 g/mol. The van der Waals surface area contributed by atoms with Gasteiger partial charge in [-0.3, -0.25) is 0 Å². The molecule has 0 N–H and O–H groups in total. The summed E-state index contributed by atoms with van der Waals surface area (Å²) in [5.41, 5.74) is 1.17. The molecule has 0 aliphatic heterocycles. The first-order chi connectivity index (χ1) is 6.83. The van der Waals surface area contributed by atoms with Gasteiger partial charge in [-0.25, -0.2) is 4.98 Å². The third-order valence-corrected chi connectivity index (χ3v) is 2.33. The zero-order valence-electron chi connectivity index (χ0n) is 8.62. The minimum absolute atomic E-state index is 0.426. The van der Waals surface area contributed by atoms with Crippen molar-refractivity contribution >= 4 is 0 Å². The van der Waals surface area contributed by atoms with Crippen LogP contribution in [-0.2, 0) is 6.42 Å². The second kappa shape index (κ2) is 3.86. The predicted octanol–water partition coefficient (Wildman–Crippen LogP) is 2.19. The Bertz CT molecular complexity index is 321. The van der Waals surface area contributed by atoms with Crippen LogP contribution in [0.4, 0.5) is 0 Å². The van der Waals surface area contributed by atoms with Crippen molar-refractivity contribution in [2.75, 3.05) is 7.11 Å². The van der Waals surface area contributed by atoms with Crippen molar-refractivity contribution in [2.45, 2.75) is 32.3 Å². The maximum atomic E-state index is 5.73. The van der Waals surface area contributed by atoms with Gasteiger partial charge in [0, 0.05) is 11.6 Å². The van der Waals surface area contributed by atoms with Crippen LogP contribution in [0.3, 0.4) is 0 Å². The molecule has 0 atom stereocenters. The van der Waals surface area contributed by atoms with Gasteiger partial charge in [0.2, 0.25) is 5.88 Å². The van der Waals surface area contributed by atoms with Gasteiger partial charge in [-0.15, -0.1) is 0 Å². The molecule has 2 rings (SSSR count). The van der Waals surface area contributed by atoms with Gasteiger partial charge >= 0.3 is 0 Å². The Morgan fingerprint density at radius 1 is 1.50 bits per heavy atom. The minimum atomic E-state index is 0.426. The van der Waals surface area contributed by atoms with E-state index in [1.54, 1.807) is 13.3 Å². The van der Waals surface area contributed by atoms with E-state index < -0.39 is 0 Å². The molecule has 3 nitrogen and oxygen atoms in total. The van der Waals surface area contributed by atoms with Crippen LogP contribution in [-0.4, -0.2) is 18.2 Å². The number of rotatable bonds is 4. The van der Waals surface area contributed by atoms with Gasteiger partial charge in [0.25, 0.3) is 0 Å². The van der Waals surface area contributed by atoms with Crippen molar-refractivity contribution in [1.29, 1.82) is 0 Å². The van der Waals surface area contributed by atoms with E-state index in [1.807, 2.05) is 6.07 Å². The fraction of sp³-hybridized carbons (Fsp3) is 0.545. The summed E-state index contributed by atoms with van der Waals surface area (Å²) in [5, 5.41) is 0. The fourth-order valence-corrected chi connectivity index (χ4v) is 1.32. The lowest BCUT2D eigenvalue weighted by molar-refractivity contribution is 0.297. The van der Waals surface area contributed by atoms with Crippen LogP contribution in [0.2, 0.25) is 0 Å². The molecule has 0 saturated heterocycles. The summed E-state index contributed by atoms with van der Waals surface area (Å²) in [4.78, 5) is 4.14. The molecule has 1 heterocycles. The predicted molar refractivity (Wildman–Crippen MR) is 53.8 cm³/mol. The molecule has 1 fully saturated rings. The molecule has 1 aliphatic carbocycles. The standard InChI is InChI=1S/C11H15NO2/c1-3-8-6-11(13-2)12-7-10(8)14-9-4-5-9/h6-7,9H,3-5H2,1-2H3. The molecule has 0 aromatic carbocycles. The number of ether oxygens (including phenoxy) is 2. The molecule has 1 saturated carbocycles. The highest BCUT2D eigenvalue weighted by Gasteiger charge is 2.24. The van der Waals surface area contributed by atoms with Gasteiger partial charge in [0.05, 0.1) is 19.4 Å². The summed E-state index contributed by atoms with van der Waals surface area (Å²) in [7, 11) is 1.63. The molecule has 0 spiro atoms. The van der Waals surface area contributed by atoms with Gasteiger partial charge in [0.1, 0.15) is 5.75 Å². The first-order valence-electron chi connectivity index (χ1n) is 5.03. The lowest BCUT2D eigenvalue weighted by Crippen LogP contribution is -2.00. The highest BCUT2D eigenvalue weighted by atomic mass is 16.5. The van der Waals surface area contributed by atoms with Crippen LogP contribution in [0.1, 0.15) is 25.3 Å². The normalized spacial score (nSPS) is 15.3. The number of nitrogens with zero attached hydrogens (tertiary/aromatic N) is 1. The number of hydrogen-bond donors (Lipinski definition) is 0. The Labute approximate surface area is 84.1 Å². The lowest BCUT2D eigenvalue weighted by atomic mass is 10.2. The number of aromatic nitrogens is 1. The van der Waals surface area contributed by atoms with Crippen molar-refractivity contribution in [1.82, 2.24) is 4.98 Å². The molecule has 3 heteroatoms. The molecule has 1 aliphatic rings. The Hall–Kier alpha value is -1.25. The van der Waals surface area contributed by atoms with E-state index in [2.05, 4.69) is 11.9 Å². The summed E-state index contributed by atoms with van der Waals surface area (Å²) < 4.78 is 10.8. The van der Waals surface area contributed by atoms with E-state index in [0.717, 1.165) is 12.2 Å². The molecule has 0 radical (unpaired) electrons. The topological polar surface area (TPSA) is 31.4 Å². The van der Waals surface area contributed by atoms with E-state index in [1.165, 1.54) is 18.4 Å². The number of hydrogen-bond acceptors (Lipinski definition) is 3. The lowest BCUT2D eigenvalue weighted by Gasteiger charge is -2.09. The molecule has 76 valence electrons. The maximum absolute atomic E-state index is 5.73. The summed E-state index contributed by atoms with van der Waals surface area (Å²) >= 11 is 0. The van der Waals surface area contributed by atoms with E-state index in [-0.39, 0.29) is 0 Å². The van der Waals surface area contributed by atoms with E-state index in [9.17, 15) is 0 Å². The van der Waals surface area contributed by atoms with Crippen molar-refractivity contribution in [3.63, 3.8) is 0 Å². The zero-order valence-corrected chi connectivity index (χ0v) is 8.62. The van der Waals surface area contributed by atoms with Gasteiger partial charge in [0.15, 0.2) is 0 Å². The Kier molecular flexibility index (Phi) is 2.57. The van der Waals surface area contributed by atoms with Crippen molar-refractivity contribution < 1.29 is 9.47 Å². The summed E-state index contributed by atoms with van der Waals surface area (Å²) in [6.07, 6.45) is 5.48. The second-order valence-corrected chi connectivity index (χ2v) is 3.51. The average Bonchev–Trinajstić information content (AvgIpc) is 3.02. The van der Waals surface area contributed by atoms with Crippen LogP contribution in [0.5, 0.6) is 11.6 Å². The van der Waals surface area contributed by atoms with Crippen molar-refractivity contribution in [3.8, 4) is 11.6 Å². The van der Waals surface area contributed by atoms with Gasteiger partial charge in [-0.2, -0.15) is 0 Å². The molecular formula is C11H15NO2. The maximum Gasteiger partial charge on any atom is 0.213 e. The minimum Gasteiger partial charge on any atom is -0.489 e. The van der Waals surface area contributed by atoms with Crippen LogP contribution in [0.15, 0.2) is 12.3 Å². The summed E-state index contributed by atoms with van der Waals surface area (Å²) in [5.74, 6) is 1.57. The Morgan fingerprint density at radius 2 is 2.29 bits per heavy atom. The number of aryl methyl sites for hydroxylation is 1. The van der Waals surface area contributed by atoms with Crippen LogP contribution < -0.4 is 9.47 Å². The third-order valence-electron chi connectivity index (χ3n) is 2.33. The van der Waals surface area contributed by atoms with Crippen LogP contribution in [0, 0.1) is 0 Å². The van der Waals surface area contributed by atoms with Crippen molar-refractivity contribution in [3.05, 3.63) is 17.8 Å². The molecule has 0 amide bonds. The quantitative estimate of drug-likeness (QED) is 0.734. The first-order valence-corrected chi connectivity index (χ1v) is 5.03. The molecule has 0 bridgehead atoms. The van der Waals surface area contributed by atoms with Crippen molar-refractivity contribution in [2.24, 2.45) is 0 Å². The van der Waals surface area contributed by atoms with E-state index >= 15 is 0 Å². The van der Waals surface area contributed by atoms with Gasteiger partial charge in [-0.05, 0) is 19.3 Å². The highest BCUT2D eigenvalue weighted by Crippen LogP contribution is 2.30. The van der Waals surface area contributed by atoms with E-state index in [4.69, 9.17) is 9.47 Å². The SMILES string of the molecule is CCc1cc(OC)ncc1OC1CC1. The zero-order chi connectivity index (χ0) is 9.97. The third kappa shape index (κ3) is 1.97. The number of methoxy groups -OCH3 is 1. The molecule has 1 aromatic rings. The molecule has 0 unspecified atom stereocenters. The fourth-order valence-electron chi connectivity index (χ4n) is 1.32. The van der Waals surface area contributed by atoms with Crippen LogP contribution >= 0.6 is 0 Å². The van der Waals surface area contributed by atoms with E-state index in [0.29, 0.717) is 12.0 Å². The highest BCUT2D eigenvalue weighted by molar-refractivity contribution is 5.35. The average molecular weight is 193 g/mol. The smallest absolute Gasteiger partial charge is 0.213 e. The molecular weight excluding hydrogens is 178 g/mol. The van der Waals surface area contributed by atoms with Gasteiger partial charge in [-0.1, -0.05) is 6.92 Å². The molecule has 1 aromatic heterocycles. The summed E-state index contributed by atoms with van der Waals surface area (Å²) in [6, 6.07) is 1.94. The second-order valence-electron chi connectivity index (χ2n) is 3.51. The Balaban J connectivity index is 2.19. The first kappa shape index (κ1) is 9.31. The molecule has 14 heavy (non-hydrogen) atoms. The Morgan fingerprint density at radius 3 is 2.86 bits per heavy atom. The van der Waals surface area contributed by atoms with Gasteiger partial charge < -0.3 is 9.47 Å². The largest absolute Gasteiger partial charge is 0.489 e. The van der Waals surface area contributed by atoms with Crippen LogP contribution in [0.25, 0.3) is 0 Å². The number of pyridine rings is 1.